The third-order valence-electron chi connectivity index (χ3n) is 2.38. The van der Waals surface area contributed by atoms with Gasteiger partial charge < -0.3 is 15.5 Å². The lowest BCUT2D eigenvalue weighted by Crippen LogP contribution is -2.22. The summed E-state index contributed by atoms with van der Waals surface area (Å²) in [7, 11) is 0. The van der Waals surface area contributed by atoms with E-state index >= 15 is 0 Å². The van der Waals surface area contributed by atoms with Gasteiger partial charge >= 0.3 is 0 Å². The fourth-order valence-corrected chi connectivity index (χ4v) is 1.45. The van der Waals surface area contributed by atoms with E-state index in [9.17, 15) is 0 Å². The van der Waals surface area contributed by atoms with Gasteiger partial charge in [0.25, 0.3) is 0 Å². The molecule has 94 valence electrons. The number of nitrogens with one attached hydrogen (secondary N) is 1. The second-order valence-corrected chi connectivity index (χ2v) is 3.77. The van der Waals surface area contributed by atoms with Crippen LogP contribution in [0.25, 0.3) is 0 Å². The molecule has 0 amide bonds. The Morgan fingerprint density at radius 1 is 1.39 bits per heavy atom. The minimum atomic E-state index is 0.339. The molecule has 0 saturated carbocycles. The number of nitrogens with zero attached hydrogens (tertiary/aromatic N) is 2. The van der Waals surface area contributed by atoms with Crippen LogP contribution in [0.5, 0.6) is 0 Å². The van der Waals surface area contributed by atoms with Crippen LogP contribution in [0, 0.1) is 0 Å². The van der Waals surface area contributed by atoms with Crippen LogP contribution < -0.4 is 11.1 Å². The molecule has 0 aliphatic heterocycles. The number of benzene rings is 1. The van der Waals surface area contributed by atoms with Gasteiger partial charge in [-0.2, -0.15) is 0 Å². The number of nitrogens with two attached hydrogens (primary N) is 1. The summed E-state index contributed by atoms with van der Waals surface area (Å²) >= 11 is 0. The molecule has 0 bridgehead atoms. The Labute approximate surface area is 106 Å². The van der Waals surface area contributed by atoms with Gasteiger partial charge in [-0.05, 0) is 12.1 Å². The minimum Gasteiger partial charge on any atom is -0.444 e. The second kappa shape index (κ2) is 5.86. The molecule has 1 heterocycles. The number of aryl methyl sites for hydroxylation is 1. The van der Waals surface area contributed by atoms with Gasteiger partial charge in [0.2, 0.25) is 5.89 Å². The summed E-state index contributed by atoms with van der Waals surface area (Å²) in [5, 5.41) is 2.99. The van der Waals surface area contributed by atoms with Crippen LogP contribution in [0.15, 0.2) is 45.9 Å². The molecule has 5 nitrogen and oxygen atoms in total. The van der Waals surface area contributed by atoms with Crippen molar-refractivity contribution in [2.45, 2.75) is 19.9 Å². The summed E-state index contributed by atoms with van der Waals surface area (Å²) in [5.41, 5.74) is 6.67. The van der Waals surface area contributed by atoms with E-state index in [0.717, 1.165) is 17.9 Å². The third-order valence-corrected chi connectivity index (χ3v) is 2.38. The van der Waals surface area contributed by atoms with Crippen LogP contribution in [0.2, 0.25) is 0 Å². The summed E-state index contributed by atoms with van der Waals surface area (Å²) < 4.78 is 5.43. The van der Waals surface area contributed by atoms with E-state index in [-0.39, 0.29) is 0 Å². The summed E-state index contributed by atoms with van der Waals surface area (Å²) in [6.45, 7) is 2.35. The van der Waals surface area contributed by atoms with Crippen molar-refractivity contribution in [2.24, 2.45) is 10.7 Å². The molecule has 0 aliphatic rings. The number of rotatable bonds is 4. The number of aromatic nitrogens is 1. The van der Waals surface area contributed by atoms with Gasteiger partial charge in [0, 0.05) is 12.1 Å². The van der Waals surface area contributed by atoms with Gasteiger partial charge in [-0.15, -0.1) is 0 Å². The Hall–Kier alpha value is -2.30. The maximum atomic E-state index is 5.76. The standard InChI is InChI=1S/C13H16N4O/c1-2-11-8-15-12(18-11)9-16-13(14)17-10-6-4-3-5-7-10/h3-8H,2,9H2,1H3,(H3,14,16,17). The number of oxazole rings is 1. The van der Waals surface area contributed by atoms with E-state index in [1.165, 1.54) is 0 Å². The van der Waals surface area contributed by atoms with E-state index in [4.69, 9.17) is 10.2 Å². The average Bonchev–Trinajstić information content (AvgIpc) is 2.85. The lowest BCUT2D eigenvalue weighted by atomic mass is 10.3. The SMILES string of the molecule is CCc1cnc(CN=C(N)Nc2ccccc2)o1. The monoisotopic (exact) mass is 244 g/mol. The first-order valence-electron chi connectivity index (χ1n) is 5.83. The van der Waals surface area contributed by atoms with E-state index < -0.39 is 0 Å². The summed E-state index contributed by atoms with van der Waals surface area (Å²) in [4.78, 5) is 8.27. The smallest absolute Gasteiger partial charge is 0.216 e. The topological polar surface area (TPSA) is 76.4 Å². The molecule has 18 heavy (non-hydrogen) atoms. The average molecular weight is 244 g/mol. The van der Waals surface area contributed by atoms with Crippen LogP contribution in [-0.2, 0) is 13.0 Å². The zero-order valence-electron chi connectivity index (χ0n) is 10.3. The zero-order chi connectivity index (χ0) is 12.8. The van der Waals surface area contributed by atoms with Crippen molar-refractivity contribution in [2.75, 3.05) is 5.32 Å². The van der Waals surface area contributed by atoms with Crippen molar-refractivity contribution in [1.82, 2.24) is 4.98 Å². The van der Waals surface area contributed by atoms with Crippen molar-refractivity contribution in [3.8, 4) is 0 Å². The fraction of sp³-hybridized carbons (Fsp3) is 0.231. The van der Waals surface area contributed by atoms with Crippen LogP contribution in [0.1, 0.15) is 18.6 Å². The Morgan fingerprint density at radius 2 is 2.17 bits per heavy atom. The molecule has 2 rings (SSSR count). The van der Waals surface area contributed by atoms with E-state index in [1.807, 2.05) is 37.3 Å². The zero-order valence-corrected chi connectivity index (χ0v) is 10.3. The maximum Gasteiger partial charge on any atom is 0.216 e. The minimum absolute atomic E-state index is 0.339. The summed E-state index contributed by atoms with van der Waals surface area (Å²) in [6.07, 6.45) is 2.54. The van der Waals surface area contributed by atoms with Crippen molar-refractivity contribution in [3.05, 3.63) is 48.2 Å². The van der Waals surface area contributed by atoms with Crippen molar-refractivity contribution >= 4 is 11.6 Å². The largest absolute Gasteiger partial charge is 0.444 e. The Bertz CT molecular complexity index is 519. The van der Waals surface area contributed by atoms with E-state index in [0.29, 0.717) is 18.4 Å². The Balaban J connectivity index is 1.93. The maximum absolute atomic E-state index is 5.76. The molecular formula is C13H16N4O. The number of hydrogen-bond acceptors (Lipinski definition) is 3. The number of para-hydroxylation sites is 1. The molecule has 0 saturated heterocycles. The predicted molar refractivity (Wildman–Crippen MR) is 71.3 cm³/mol. The highest BCUT2D eigenvalue weighted by atomic mass is 16.4. The quantitative estimate of drug-likeness (QED) is 0.638. The lowest BCUT2D eigenvalue weighted by Gasteiger charge is -2.03. The number of guanidine groups is 1. The molecule has 1 aromatic carbocycles. The van der Waals surface area contributed by atoms with E-state index in [2.05, 4.69) is 15.3 Å². The van der Waals surface area contributed by atoms with Crippen molar-refractivity contribution < 1.29 is 4.42 Å². The first-order chi connectivity index (χ1) is 8.78. The number of anilines is 1. The van der Waals surface area contributed by atoms with Crippen molar-refractivity contribution in [3.63, 3.8) is 0 Å². The van der Waals surface area contributed by atoms with Crippen LogP contribution in [-0.4, -0.2) is 10.9 Å². The molecule has 0 spiro atoms. The summed E-state index contributed by atoms with van der Waals surface area (Å²) in [5.74, 6) is 1.77. The first-order valence-corrected chi connectivity index (χ1v) is 5.83. The molecule has 0 radical (unpaired) electrons. The highest BCUT2D eigenvalue weighted by Crippen LogP contribution is 2.06. The molecule has 1 aromatic heterocycles. The second-order valence-electron chi connectivity index (χ2n) is 3.77. The molecule has 0 unspecified atom stereocenters. The first kappa shape index (κ1) is 12.2. The molecule has 0 aliphatic carbocycles. The number of aliphatic imine (C=N–C) groups is 1. The highest BCUT2D eigenvalue weighted by Gasteiger charge is 2.01. The van der Waals surface area contributed by atoms with E-state index in [1.54, 1.807) is 6.20 Å². The third kappa shape index (κ3) is 3.35. The molecule has 2 aromatic rings. The lowest BCUT2D eigenvalue weighted by molar-refractivity contribution is 0.461. The van der Waals surface area contributed by atoms with Gasteiger partial charge in [-0.3, -0.25) is 0 Å². The Kier molecular flexibility index (Phi) is 3.96. The van der Waals surface area contributed by atoms with Crippen LogP contribution in [0.3, 0.4) is 0 Å². The van der Waals surface area contributed by atoms with Crippen molar-refractivity contribution in [1.29, 1.82) is 0 Å². The van der Waals surface area contributed by atoms with Gasteiger partial charge in [0.1, 0.15) is 12.3 Å². The van der Waals surface area contributed by atoms with Crippen LogP contribution >= 0.6 is 0 Å². The predicted octanol–water partition coefficient (Wildman–Crippen LogP) is 2.16. The molecule has 0 atom stereocenters. The van der Waals surface area contributed by atoms with Crippen LogP contribution in [0.4, 0.5) is 5.69 Å². The van der Waals surface area contributed by atoms with Gasteiger partial charge in [-0.25, -0.2) is 9.98 Å². The normalized spacial score (nSPS) is 11.5. The molecule has 3 N–H and O–H groups in total. The van der Waals surface area contributed by atoms with Gasteiger partial charge in [0.15, 0.2) is 5.96 Å². The molecule has 5 heteroatoms. The fourth-order valence-electron chi connectivity index (χ4n) is 1.45. The summed E-state index contributed by atoms with van der Waals surface area (Å²) in [6, 6.07) is 9.64. The molecular weight excluding hydrogens is 228 g/mol. The Morgan fingerprint density at radius 3 is 2.83 bits per heavy atom. The van der Waals surface area contributed by atoms with Gasteiger partial charge in [-0.1, -0.05) is 25.1 Å². The molecule has 0 fully saturated rings. The van der Waals surface area contributed by atoms with Gasteiger partial charge in [0.05, 0.1) is 6.20 Å². The number of hydrogen-bond donors (Lipinski definition) is 2. The highest BCUT2D eigenvalue weighted by molar-refractivity contribution is 5.92.